The average Bonchev–Trinajstić information content (AvgIpc) is 3.24. The second-order valence-corrected chi connectivity index (χ2v) is 11.1. The number of halogens is 1. The van der Waals surface area contributed by atoms with Crippen molar-refractivity contribution in [3.05, 3.63) is 72.0 Å². The summed E-state index contributed by atoms with van der Waals surface area (Å²) in [5, 5.41) is 18.5. The van der Waals surface area contributed by atoms with E-state index in [9.17, 15) is 18.3 Å². The van der Waals surface area contributed by atoms with Crippen LogP contribution in [0.3, 0.4) is 0 Å². The number of aromatic hydroxyl groups is 1. The van der Waals surface area contributed by atoms with E-state index < -0.39 is 22.5 Å². The lowest BCUT2D eigenvalue weighted by molar-refractivity contribution is -0.116. The minimum Gasteiger partial charge on any atom is -0.494 e. The van der Waals surface area contributed by atoms with Gasteiger partial charge in [-0.05, 0) is 75.1 Å². The molecule has 2 aromatic heterocycles. The number of fused-ring (bicyclic) bond motifs is 1. The van der Waals surface area contributed by atoms with Crippen molar-refractivity contribution in [3.63, 3.8) is 0 Å². The Morgan fingerprint density at radius 3 is 2.51 bits per heavy atom. The zero-order chi connectivity index (χ0) is 28.0. The lowest BCUT2D eigenvalue weighted by Gasteiger charge is -2.23. The van der Waals surface area contributed by atoms with Crippen LogP contribution in [0.4, 0.5) is 11.4 Å². The number of pyridine rings is 1. The molecule has 0 spiro atoms. The fourth-order valence-corrected chi connectivity index (χ4v) is 5.24. The Hall–Kier alpha value is -4.00. The molecular formula is C26H27ClN6O5S. The molecule has 4 rings (SSSR count). The number of amides is 1. The standard InChI is InChI=1S/C26H27ClN6O5S/c1-32(2)14-3-15-38-20-8-10-21(11-9-20)39(36,37)33(19-6-4-18(27)5-7-19)17-24(34)30-31-25-22-16-28-13-12-23(22)29-26(25)35/h4-13,16,29,35H,3,14-15,17H2,1-2H3. The van der Waals surface area contributed by atoms with E-state index in [4.69, 9.17) is 16.3 Å². The van der Waals surface area contributed by atoms with Crippen molar-refractivity contribution in [2.24, 2.45) is 10.2 Å². The number of rotatable bonds is 11. The first kappa shape index (κ1) is 28.0. The Bertz CT molecular complexity index is 1570. The first-order valence-corrected chi connectivity index (χ1v) is 13.7. The zero-order valence-corrected chi connectivity index (χ0v) is 22.9. The highest BCUT2D eigenvalue weighted by molar-refractivity contribution is 7.92. The summed E-state index contributed by atoms with van der Waals surface area (Å²) in [6.07, 6.45) is 3.81. The maximum absolute atomic E-state index is 13.6. The van der Waals surface area contributed by atoms with E-state index >= 15 is 0 Å². The maximum atomic E-state index is 13.6. The van der Waals surface area contributed by atoms with Gasteiger partial charge in [0.15, 0.2) is 5.69 Å². The van der Waals surface area contributed by atoms with Crippen molar-refractivity contribution in [1.29, 1.82) is 0 Å². The average molecular weight is 571 g/mol. The minimum atomic E-state index is -4.19. The highest BCUT2D eigenvalue weighted by Gasteiger charge is 2.27. The van der Waals surface area contributed by atoms with Gasteiger partial charge in [-0.2, -0.15) is 0 Å². The van der Waals surface area contributed by atoms with Crippen LogP contribution in [0.1, 0.15) is 6.42 Å². The Morgan fingerprint density at radius 1 is 1.10 bits per heavy atom. The molecule has 0 aliphatic rings. The number of azo groups is 1. The molecule has 2 heterocycles. The summed E-state index contributed by atoms with van der Waals surface area (Å²) in [6.45, 7) is 0.713. The molecule has 13 heteroatoms. The summed E-state index contributed by atoms with van der Waals surface area (Å²) in [7, 11) is -0.242. The second kappa shape index (κ2) is 12.2. The Kier molecular flexibility index (Phi) is 8.79. The van der Waals surface area contributed by atoms with Gasteiger partial charge in [-0.15, -0.1) is 10.2 Å². The largest absolute Gasteiger partial charge is 0.494 e. The third kappa shape index (κ3) is 6.91. The number of nitrogens with one attached hydrogen (secondary N) is 1. The maximum Gasteiger partial charge on any atom is 0.285 e. The number of nitrogens with zero attached hydrogens (tertiary/aromatic N) is 5. The van der Waals surface area contributed by atoms with Gasteiger partial charge in [-0.3, -0.25) is 14.1 Å². The summed E-state index contributed by atoms with van der Waals surface area (Å²) in [6, 6.07) is 13.6. The van der Waals surface area contributed by atoms with Crippen molar-refractivity contribution in [2.45, 2.75) is 11.3 Å². The van der Waals surface area contributed by atoms with Gasteiger partial charge < -0.3 is 19.7 Å². The van der Waals surface area contributed by atoms with Gasteiger partial charge in [-0.25, -0.2) is 8.42 Å². The molecule has 0 aliphatic carbocycles. The summed E-state index contributed by atoms with van der Waals surface area (Å²) in [5.74, 6) is -0.614. The summed E-state index contributed by atoms with van der Waals surface area (Å²) < 4.78 is 33.9. The number of H-pyrrole nitrogens is 1. The van der Waals surface area contributed by atoms with Gasteiger partial charge in [0.2, 0.25) is 5.88 Å². The fraction of sp³-hybridized carbons (Fsp3) is 0.231. The molecule has 0 saturated heterocycles. The normalized spacial score (nSPS) is 11.9. The molecule has 0 saturated carbocycles. The van der Waals surface area contributed by atoms with Crippen molar-refractivity contribution < 1.29 is 23.1 Å². The second-order valence-electron chi connectivity index (χ2n) is 8.80. The summed E-state index contributed by atoms with van der Waals surface area (Å²) in [5.41, 5.74) is 0.791. The number of sulfonamides is 1. The smallest absolute Gasteiger partial charge is 0.285 e. The van der Waals surface area contributed by atoms with Gasteiger partial charge in [0.25, 0.3) is 15.9 Å². The quantitative estimate of drug-likeness (QED) is 0.196. The first-order valence-electron chi connectivity index (χ1n) is 11.9. The molecule has 0 bridgehead atoms. The number of aromatic amines is 1. The van der Waals surface area contributed by atoms with Crippen LogP contribution in [0.15, 0.2) is 82.1 Å². The van der Waals surface area contributed by atoms with E-state index in [1.165, 1.54) is 48.8 Å². The number of hydrogen-bond donors (Lipinski definition) is 2. The Labute approximate surface area is 230 Å². The zero-order valence-electron chi connectivity index (χ0n) is 21.3. The van der Waals surface area contributed by atoms with Gasteiger partial charge in [0, 0.05) is 29.3 Å². The molecule has 39 heavy (non-hydrogen) atoms. The molecule has 0 fully saturated rings. The van der Waals surface area contributed by atoms with Crippen LogP contribution < -0.4 is 9.04 Å². The monoisotopic (exact) mass is 570 g/mol. The van der Waals surface area contributed by atoms with Crippen molar-refractivity contribution in [1.82, 2.24) is 14.9 Å². The van der Waals surface area contributed by atoms with Crippen LogP contribution in [0.2, 0.25) is 5.02 Å². The number of ether oxygens (including phenoxy) is 1. The molecule has 204 valence electrons. The van der Waals surface area contributed by atoms with E-state index in [-0.39, 0.29) is 22.2 Å². The van der Waals surface area contributed by atoms with Gasteiger partial charge in [-0.1, -0.05) is 11.6 Å². The van der Waals surface area contributed by atoms with Gasteiger partial charge in [0.05, 0.1) is 22.7 Å². The van der Waals surface area contributed by atoms with Crippen LogP contribution >= 0.6 is 11.6 Å². The number of carbonyl (C=O) groups excluding carboxylic acids is 1. The molecular weight excluding hydrogens is 544 g/mol. The molecule has 2 aromatic carbocycles. The first-order chi connectivity index (χ1) is 18.6. The van der Waals surface area contributed by atoms with E-state index in [1.54, 1.807) is 18.2 Å². The summed E-state index contributed by atoms with van der Waals surface area (Å²) >= 11 is 5.99. The number of hydrogen-bond acceptors (Lipinski definition) is 8. The molecule has 4 aromatic rings. The molecule has 1 amide bonds. The molecule has 11 nitrogen and oxygen atoms in total. The lowest BCUT2D eigenvalue weighted by atomic mass is 10.3. The lowest BCUT2D eigenvalue weighted by Crippen LogP contribution is -2.35. The number of carbonyl (C=O) groups is 1. The Balaban J connectivity index is 1.56. The SMILES string of the molecule is CN(C)CCCOc1ccc(S(=O)(=O)N(CC(=O)N=Nc2c(O)[nH]c3ccncc23)c2ccc(Cl)cc2)cc1. The highest BCUT2D eigenvalue weighted by Crippen LogP contribution is 2.35. The van der Waals surface area contributed by atoms with Crippen molar-refractivity contribution >= 4 is 49.8 Å². The van der Waals surface area contributed by atoms with E-state index in [1.807, 2.05) is 19.0 Å². The van der Waals surface area contributed by atoms with Crippen molar-refractivity contribution in [3.8, 4) is 11.6 Å². The predicted octanol–water partition coefficient (Wildman–Crippen LogP) is 4.76. The third-order valence-corrected chi connectivity index (χ3v) is 7.68. The topological polar surface area (TPSA) is 141 Å². The van der Waals surface area contributed by atoms with E-state index in [0.717, 1.165) is 17.3 Å². The molecule has 0 atom stereocenters. The fourth-order valence-electron chi connectivity index (χ4n) is 3.70. The van der Waals surface area contributed by atoms with Crippen LogP contribution in [0.25, 0.3) is 10.9 Å². The minimum absolute atomic E-state index is 0.0218. The van der Waals surface area contributed by atoms with Crippen molar-refractivity contribution in [2.75, 3.05) is 38.1 Å². The van der Waals surface area contributed by atoms with Crippen LogP contribution in [0, 0.1) is 0 Å². The molecule has 0 unspecified atom stereocenters. The van der Waals surface area contributed by atoms with Crippen LogP contribution in [-0.2, 0) is 14.8 Å². The van der Waals surface area contributed by atoms with Gasteiger partial charge >= 0.3 is 0 Å². The molecule has 2 N–H and O–H groups in total. The van der Waals surface area contributed by atoms with Gasteiger partial charge in [0.1, 0.15) is 12.3 Å². The summed E-state index contributed by atoms with van der Waals surface area (Å²) in [4.78, 5) is 21.5. The number of anilines is 1. The van der Waals surface area contributed by atoms with Crippen LogP contribution in [0.5, 0.6) is 11.6 Å². The van der Waals surface area contributed by atoms with Crippen LogP contribution in [-0.4, -0.2) is 68.1 Å². The van der Waals surface area contributed by atoms with E-state index in [0.29, 0.717) is 28.3 Å². The number of benzene rings is 2. The molecule has 0 radical (unpaired) electrons. The Morgan fingerprint density at radius 2 is 1.82 bits per heavy atom. The molecule has 0 aliphatic heterocycles. The predicted molar refractivity (Wildman–Crippen MR) is 148 cm³/mol. The van der Waals surface area contributed by atoms with E-state index in [2.05, 4.69) is 20.2 Å². The number of aromatic nitrogens is 2. The highest BCUT2D eigenvalue weighted by atomic mass is 35.5. The third-order valence-electron chi connectivity index (χ3n) is 5.64.